The van der Waals surface area contributed by atoms with Gasteiger partial charge in [-0.1, -0.05) is 65.3 Å². The molecule has 0 saturated carbocycles. The standard InChI is InChI=1S/C26H22ClFN2O/c1-18(29-31-17-20-11-13-23(28)14-12-20)25-16-26(21-7-4-3-5-8-21)30(19(25)2)24-10-6-9-22(27)15-24/h3-16H,17H2,1-2H3/b29-18-. The summed E-state index contributed by atoms with van der Waals surface area (Å²) in [6, 6.07) is 26.3. The zero-order valence-corrected chi connectivity index (χ0v) is 18.1. The summed E-state index contributed by atoms with van der Waals surface area (Å²) in [6.45, 7) is 4.25. The molecule has 0 N–H and O–H groups in total. The zero-order valence-electron chi connectivity index (χ0n) is 17.3. The minimum absolute atomic E-state index is 0.269. The highest BCUT2D eigenvalue weighted by atomic mass is 35.5. The van der Waals surface area contributed by atoms with Crippen molar-refractivity contribution in [3.63, 3.8) is 0 Å². The molecule has 0 amide bonds. The van der Waals surface area contributed by atoms with Crippen LogP contribution in [0.1, 0.15) is 23.7 Å². The molecule has 0 aliphatic rings. The van der Waals surface area contributed by atoms with E-state index >= 15 is 0 Å². The minimum atomic E-state index is -0.269. The summed E-state index contributed by atoms with van der Waals surface area (Å²) in [5.41, 5.74) is 6.76. The molecule has 3 aromatic carbocycles. The summed E-state index contributed by atoms with van der Waals surface area (Å²) < 4.78 is 15.2. The molecule has 0 aliphatic heterocycles. The predicted molar refractivity (Wildman–Crippen MR) is 124 cm³/mol. The molecule has 0 fully saturated rings. The average molecular weight is 433 g/mol. The molecule has 0 atom stereocenters. The molecule has 0 saturated heterocycles. The first-order valence-electron chi connectivity index (χ1n) is 9.98. The lowest BCUT2D eigenvalue weighted by molar-refractivity contribution is 0.130. The van der Waals surface area contributed by atoms with Crippen LogP contribution >= 0.6 is 11.6 Å². The van der Waals surface area contributed by atoms with Gasteiger partial charge in [0.2, 0.25) is 0 Å². The first-order chi connectivity index (χ1) is 15.0. The maximum Gasteiger partial charge on any atom is 0.142 e. The van der Waals surface area contributed by atoms with Crippen molar-refractivity contribution < 1.29 is 9.23 Å². The first-order valence-corrected chi connectivity index (χ1v) is 10.4. The van der Waals surface area contributed by atoms with E-state index in [9.17, 15) is 4.39 Å². The SMILES string of the molecule is C/C(=N/OCc1ccc(F)cc1)c1cc(-c2ccccc2)n(-c2cccc(Cl)c2)c1C. The van der Waals surface area contributed by atoms with E-state index < -0.39 is 0 Å². The van der Waals surface area contributed by atoms with Crippen molar-refractivity contribution in [2.24, 2.45) is 5.16 Å². The van der Waals surface area contributed by atoms with Gasteiger partial charge in [0.15, 0.2) is 0 Å². The molecule has 31 heavy (non-hydrogen) atoms. The third-order valence-corrected chi connectivity index (χ3v) is 5.35. The van der Waals surface area contributed by atoms with Crippen molar-refractivity contribution in [3.8, 4) is 16.9 Å². The molecule has 3 nitrogen and oxygen atoms in total. The van der Waals surface area contributed by atoms with Crippen molar-refractivity contribution in [3.05, 3.63) is 113 Å². The van der Waals surface area contributed by atoms with E-state index in [1.54, 1.807) is 12.1 Å². The average Bonchev–Trinajstić information content (AvgIpc) is 3.13. The van der Waals surface area contributed by atoms with Crippen molar-refractivity contribution in [2.75, 3.05) is 0 Å². The van der Waals surface area contributed by atoms with Gasteiger partial charge in [-0.2, -0.15) is 0 Å². The van der Waals surface area contributed by atoms with Crippen LogP contribution in [0.5, 0.6) is 0 Å². The second kappa shape index (κ2) is 9.19. The highest BCUT2D eigenvalue weighted by Crippen LogP contribution is 2.31. The summed E-state index contributed by atoms with van der Waals surface area (Å²) >= 11 is 6.27. The Kier molecular flexibility index (Phi) is 6.19. The molecule has 1 heterocycles. The molecule has 4 rings (SSSR count). The number of oxime groups is 1. The van der Waals surface area contributed by atoms with Gasteiger partial charge in [-0.05, 0) is 61.4 Å². The molecule has 0 unspecified atom stereocenters. The Morgan fingerprint density at radius 1 is 0.968 bits per heavy atom. The lowest BCUT2D eigenvalue weighted by atomic mass is 10.1. The lowest BCUT2D eigenvalue weighted by Crippen LogP contribution is -2.02. The number of halogens is 2. The second-order valence-electron chi connectivity index (χ2n) is 7.29. The maximum atomic E-state index is 13.1. The van der Waals surface area contributed by atoms with Crippen LogP contribution in [0.25, 0.3) is 16.9 Å². The van der Waals surface area contributed by atoms with Gasteiger partial charge >= 0.3 is 0 Å². The Bertz CT molecular complexity index is 1210. The van der Waals surface area contributed by atoms with Gasteiger partial charge in [-0.3, -0.25) is 0 Å². The van der Waals surface area contributed by atoms with Crippen molar-refractivity contribution in [2.45, 2.75) is 20.5 Å². The third kappa shape index (κ3) is 4.70. The number of aromatic nitrogens is 1. The predicted octanol–water partition coefficient (Wildman–Crippen LogP) is 7.19. The molecular weight excluding hydrogens is 411 g/mol. The molecular formula is C26H22ClFN2O. The van der Waals surface area contributed by atoms with E-state index in [1.807, 2.05) is 49.4 Å². The molecule has 1 aromatic heterocycles. The van der Waals surface area contributed by atoms with Crippen LogP contribution in [0.15, 0.2) is 90.1 Å². The fourth-order valence-corrected chi connectivity index (χ4v) is 3.76. The maximum absolute atomic E-state index is 13.1. The monoisotopic (exact) mass is 432 g/mol. The van der Waals surface area contributed by atoms with E-state index in [1.165, 1.54) is 12.1 Å². The van der Waals surface area contributed by atoms with Crippen molar-refractivity contribution in [1.29, 1.82) is 0 Å². The quantitative estimate of drug-likeness (QED) is 0.234. The number of rotatable bonds is 6. The Labute approximate surface area is 186 Å². The van der Waals surface area contributed by atoms with E-state index in [0.717, 1.165) is 39.5 Å². The Balaban J connectivity index is 1.70. The fourth-order valence-electron chi connectivity index (χ4n) is 3.58. The van der Waals surface area contributed by atoms with Crippen LogP contribution < -0.4 is 0 Å². The summed E-state index contributed by atoms with van der Waals surface area (Å²) in [5.74, 6) is -0.269. The summed E-state index contributed by atoms with van der Waals surface area (Å²) in [7, 11) is 0. The third-order valence-electron chi connectivity index (χ3n) is 5.12. The largest absolute Gasteiger partial charge is 0.391 e. The summed E-state index contributed by atoms with van der Waals surface area (Å²) in [4.78, 5) is 5.55. The second-order valence-corrected chi connectivity index (χ2v) is 7.72. The van der Waals surface area contributed by atoms with Crippen LogP contribution in [0.2, 0.25) is 5.02 Å². The van der Waals surface area contributed by atoms with Gasteiger partial charge in [-0.25, -0.2) is 4.39 Å². The van der Waals surface area contributed by atoms with Crippen LogP contribution in [0.4, 0.5) is 4.39 Å². The van der Waals surface area contributed by atoms with Gasteiger partial charge < -0.3 is 9.40 Å². The van der Waals surface area contributed by atoms with Gasteiger partial charge in [0.25, 0.3) is 0 Å². The van der Waals surface area contributed by atoms with E-state index in [0.29, 0.717) is 5.02 Å². The van der Waals surface area contributed by atoms with Crippen molar-refractivity contribution >= 4 is 17.3 Å². The molecule has 0 bridgehead atoms. The smallest absolute Gasteiger partial charge is 0.142 e. The van der Waals surface area contributed by atoms with E-state index in [4.69, 9.17) is 16.4 Å². The minimum Gasteiger partial charge on any atom is -0.391 e. The molecule has 0 aliphatic carbocycles. The Hall–Kier alpha value is -3.37. The first kappa shape index (κ1) is 20.9. The van der Waals surface area contributed by atoms with Gasteiger partial charge in [0.1, 0.15) is 12.4 Å². The number of hydrogen-bond acceptors (Lipinski definition) is 2. The van der Waals surface area contributed by atoms with Gasteiger partial charge in [0, 0.05) is 22.0 Å². The number of benzene rings is 3. The van der Waals surface area contributed by atoms with Crippen LogP contribution in [0.3, 0.4) is 0 Å². The molecule has 0 spiro atoms. The van der Waals surface area contributed by atoms with Crippen LogP contribution in [-0.2, 0) is 11.4 Å². The molecule has 4 aromatic rings. The van der Waals surface area contributed by atoms with E-state index in [-0.39, 0.29) is 12.4 Å². The van der Waals surface area contributed by atoms with Crippen LogP contribution in [-0.4, -0.2) is 10.3 Å². The highest BCUT2D eigenvalue weighted by Gasteiger charge is 2.17. The topological polar surface area (TPSA) is 26.5 Å². The summed E-state index contributed by atoms with van der Waals surface area (Å²) in [5, 5.41) is 5.00. The number of hydrogen-bond donors (Lipinski definition) is 0. The molecule has 156 valence electrons. The number of nitrogens with zero attached hydrogens (tertiary/aromatic N) is 2. The van der Waals surface area contributed by atoms with Crippen molar-refractivity contribution in [1.82, 2.24) is 4.57 Å². The lowest BCUT2D eigenvalue weighted by Gasteiger charge is -2.13. The molecule has 5 heteroatoms. The van der Waals surface area contributed by atoms with E-state index in [2.05, 4.69) is 34.8 Å². The van der Waals surface area contributed by atoms with Crippen LogP contribution in [0, 0.1) is 12.7 Å². The highest BCUT2D eigenvalue weighted by molar-refractivity contribution is 6.30. The van der Waals surface area contributed by atoms with Gasteiger partial charge in [-0.15, -0.1) is 0 Å². The Morgan fingerprint density at radius 3 is 2.42 bits per heavy atom. The Morgan fingerprint density at radius 2 is 1.71 bits per heavy atom. The fraction of sp³-hybridized carbons (Fsp3) is 0.115. The molecule has 0 radical (unpaired) electrons. The zero-order chi connectivity index (χ0) is 21.8. The normalized spacial score (nSPS) is 11.5. The summed E-state index contributed by atoms with van der Waals surface area (Å²) in [6.07, 6.45) is 0. The van der Waals surface area contributed by atoms with Gasteiger partial charge in [0.05, 0.1) is 11.4 Å².